The third-order valence-corrected chi connectivity index (χ3v) is 3.61. The Morgan fingerprint density at radius 1 is 0.952 bits per heavy atom. The van der Waals surface area contributed by atoms with Crippen molar-refractivity contribution in [3.63, 3.8) is 0 Å². The van der Waals surface area contributed by atoms with Gasteiger partial charge in [0.05, 0.1) is 0 Å². The highest BCUT2D eigenvalue weighted by Gasteiger charge is 2.02. The van der Waals surface area contributed by atoms with Crippen LogP contribution in [0.2, 0.25) is 0 Å². The molecule has 21 heavy (non-hydrogen) atoms. The monoisotopic (exact) mass is 297 g/mol. The van der Waals surface area contributed by atoms with Crippen LogP contribution in [0.4, 0.5) is 0 Å². The lowest BCUT2D eigenvalue weighted by Gasteiger charge is -2.08. The second-order valence-electron chi connectivity index (χ2n) is 5.29. The van der Waals surface area contributed by atoms with Gasteiger partial charge in [-0.2, -0.15) is 0 Å². The fraction of sp³-hybridized carbons (Fsp3) is 0.368. The molecule has 0 fully saturated rings. The molecule has 0 aromatic heterocycles. The highest BCUT2D eigenvalue weighted by Crippen LogP contribution is 2.24. The van der Waals surface area contributed by atoms with Gasteiger partial charge in [0.2, 0.25) is 10.5 Å². The molecule has 0 bridgehead atoms. The molecule has 3 radical (unpaired) electrons. The molecule has 0 spiro atoms. The summed E-state index contributed by atoms with van der Waals surface area (Å²) >= 11 is 0. The van der Waals surface area contributed by atoms with Crippen LogP contribution >= 0.6 is 0 Å². The number of hydrogen-bond acceptors (Lipinski definition) is 1. The largest absolute Gasteiger partial charge is 0.416 e. The van der Waals surface area contributed by atoms with E-state index in [-0.39, 0.29) is 0 Å². The van der Waals surface area contributed by atoms with Crippen LogP contribution in [0.3, 0.4) is 0 Å². The van der Waals surface area contributed by atoms with Crippen LogP contribution in [-0.4, -0.2) is 16.6 Å². The molecule has 0 saturated carbocycles. The molecule has 0 aliphatic heterocycles. The van der Waals surface area contributed by atoms with Gasteiger partial charge < -0.3 is 4.43 Å². The van der Waals surface area contributed by atoms with Gasteiger partial charge in [-0.1, -0.05) is 67.9 Å². The molecule has 0 unspecified atom stereocenters. The van der Waals surface area contributed by atoms with Gasteiger partial charge in [0, 0.05) is 6.10 Å². The van der Waals surface area contributed by atoms with E-state index in [1.807, 2.05) is 13.8 Å². The fourth-order valence-electron chi connectivity index (χ4n) is 2.00. The summed E-state index contributed by atoms with van der Waals surface area (Å²) in [6.07, 6.45) is 4.00. The smallest absolute Gasteiger partial charge is 0.246 e. The highest BCUT2D eigenvalue weighted by atomic mass is 28.2. The molecule has 1 nitrogen and oxygen atoms in total. The summed E-state index contributed by atoms with van der Waals surface area (Å²) < 4.78 is 4.56. The van der Waals surface area contributed by atoms with Crippen LogP contribution in [0.1, 0.15) is 39.2 Å². The van der Waals surface area contributed by atoms with Crippen molar-refractivity contribution in [1.29, 1.82) is 0 Å². The van der Waals surface area contributed by atoms with Crippen molar-refractivity contribution >= 4 is 10.5 Å². The van der Waals surface area contributed by atoms with Gasteiger partial charge in [0.15, 0.2) is 0 Å². The van der Waals surface area contributed by atoms with Crippen LogP contribution in [0.25, 0.3) is 11.1 Å². The molecular weight excluding hydrogens is 272 g/mol. The summed E-state index contributed by atoms with van der Waals surface area (Å²) in [6, 6.07) is 19.4. The van der Waals surface area contributed by atoms with E-state index in [0.717, 1.165) is 0 Å². The first kappa shape index (κ1) is 17.7. The molecule has 2 heteroatoms. The van der Waals surface area contributed by atoms with Crippen LogP contribution in [0, 0.1) is 0 Å². The summed E-state index contributed by atoms with van der Waals surface area (Å²) in [5.41, 5.74) is 4.18. The van der Waals surface area contributed by atoms with Crippen LogP contribution in [0.15, 0.2) is 54.6 Å². The van der Waals surface area contributed by atoms with Crippen molar-refractivity contribution in [2.24, 2.45) is 0 Å². The van der Waals surface area contributed by atoms with Gasteiger partial charge in [-0.15, -0.1) is 0 Å². The molecule has 0 heterocycles. The molecular formula is C19H25OSi. The summed E-state index contributed by atoms with van der Waals surface area (Å²) in [7, 11) is 2.85. The average molecular weight is 297 g/mol. The van der Waals surface area contributed by atoms with Crippen molar-refractivity contribution in [2.75, 3.05) is 0 Å². The second kappa shape index (κ2) is 10.4. The van der Waals surface area contributed by atoms with E-state index < -0.39 is 0 Å². The van der Waals surface area contributed by atoms with E-state index in [2.05, 4.69) is 76.4 Å². The number of unbranched alkanes of at least 4 members (excludes halogenated alkanes) is 1. The highest BCUT2D eigenvalue weighted by molar-refractivity contribution is 5.98. The van der Waals surface area contributed by atoms with Gasteiger partial charge in [0.1, 0.15) is 0 Å². The lowest BCUT2D eigenvalue weighted by Crippen LogP contribution is -1.95. The zero-order chi connectivity index (χ0) is 15.5. The molecule has 2 aromatic carbocycles. The number of aryl methyl sites for hydroxylation is 1. The van der Waals surface area contributed by atoms with Gasteiger partial charge in [-0.3, -0.25) is 0 Å². The fourth-order valence-corrected chi connectivity index (χ4v) is 2.00. The third-order valence-electron chi connectivity index (χ3n) is 3.14. The van der Waals surface area contributed by atoms with Crippen LogP contribution < -0.4 is 0 Å². The lowest BCUT2D eigenvalue weighted by molar-refractivity contribution is 0.267. The molecule has 0 aliphatic carbocycles. The zero-order valence-corrected chi connectivity index (χ0v) is 14.3. The second-order valence-corrected chi connectivity index (χ2v) is 5.53. The van der Waals surface area contributed by atoms with E-state index in [1.54, 1.807) is 0 Å². The minimum atomic E-state index is 0.298. The molecule has 2 aromatic rings. The number of hydrogen-bond donors (Lipinski definition) is 0. The Kier molecular flexibility index (Phi) is 8.72. The molecule has 0 amide bonds. The SMILES string of the molecule is CC(C)O[Si].CCCCc1ccccc1-c1ccccc1. The molecule has 0 aliphatic rings. The minimum absolute atomic E-state index is 0.298. The molecule has 0 N–H and O–H groups in total. The average Bonchev–Trinajstić information content (AvgIpc) is 2.54. The first-order valence-electron chi connectivity index (χ1n) is 7.64. The molecule has 2 rings (SSSR count). The number of rotatable bonds is 5. The Hall–Kier alpha value is -1.38. The Balaban J connectivity index is 0.000000383. The summed E-state index contributed by atoms with van der Waals surface area (Å²) in [5, 5.41) is 0. The van der Waals surface area contributed by atoms with Gasteiger partial charge >= 0.3 is 0 Å². The van der Waals surface area contributed by atoms with Crippen molar-refractivity contribution in [3.05, 3.63) is 60.2 Å². The van der Waals surface area contributed by atoms with E-state index in [1.165, 1.54) is 36.0 Å². The van der Waals surface area contributed by atoms with E-state index in [9.17, 15) is 0 Å². The standard InChI is InChI=1S/C16H18.C3H7OSi/c1-2-3-9-14-12-7-8-13-16(14)15-10-5-4-6-11-15;1-3(2)4-5/h4-8,10-13H,2-3,9H2,1H3;3H,1-2H3. The Bertz CT molecular complexity index is 494. The van der Waals surface area contributed by atoms with Crippen molar-refractivity contribution < 1.29 is 4.43 Å². The molecule has 111 valence electrons. The maximum absolute atomic E-state index is 4.56. The van der Waals surface area contributed by atoms with Gasteiger partial charge in [-0.05, 0) is 43.4 Å². The normalized spacial score (nSPS) is 10.1. The Labute approximate surface area is 132 Å². The quantitative estimate of drug-likeness (QED) is 0.690. The van der Waals surface area contributed by atoms with Crippen molar-refractivity contribution in [2.45, 2.75) is 46.1 Å². The third kappa shape index (κ3) is 6.74. The van der Waals surface area contributed by atoms with Crippen LogP contribution in [-0.2, 0) is 10.8 Å². The first-order chi connectivity index (χ1) is 10.2. The van der Waals surface area contributed by atoms with Crippen LogP contribution in [0.5, 0.6) is 0 Å². The topological polar surface area (TPSA) is 9.23 Å². The van der Waals surface area contributed by atoms with Crippen molar-refractivity contribution in [1.82, 2.24) is 0 Å². The predicted molar refractivity (Wildman–Crippen MR) is 92.5 cm³/mol. The summed E-state index contributed by atoms with van der Waals surface area (Å²) in [6.45, 7) is 6.14. The van der Waals surface area contributed by atoms with Gasteiger partial charge in [-0.25, -0.2) is 0 Å². The minimum Gasteiger partial charge on any atom is -0.416 e. The zero-order valence-electron chi connectivity index (χ0n) is 13.3. The van der Waals surface area contributed by atoms with E-state index in [0.29, 0.717) is 6.10 Å². The molecule has 0 saturated heterocycles. The predicted octanol–water partition coefficient (Wildman–Crippen LogP) is 5.19. The Morgan fingerprint density at radius 3 is 2.10 bits per heavy atom. The maximum atomic E-state index is 4.56. The van der Waals surface area contributed by atoms with Crippen molar-refractivity contribution in [3.8, 4) is 11.1 Å². The lowest BCUT2D eigenvalue weighted by atomic mass is 9.96. The summed E-state index contributed by atoms with van der Waals surface area (Å²) in [4.78, 5) is 0. The molecule has 0 atom stereocenters. The van der Waals surface area contributed by atoms with E-state index >= 15 is 0 Å². The first-order valence-corrected chi connectivity index (χ1v) is 8.05. The van der Waals surface area contributed by atoms with E-state index in [4.69, 9.17) is 0 Å². The Morgan fingerprint density at radius 2 is 1.52 bits per heavy atom. The summed E-state index contributed by atoms with van der Waals surface area (Å²) in [5.74, 6) is 0. The number of benzene rings is 2. The van der Waals surface area contributed by atoms with Gasteiger partial charge in [0.25, 0.3) is 0 Å². The maximum Gasteiger partial charge on any atom is 0.246 e.